The summed E-state index contributed by atoms with van der Waals surface area (Å²) >= 11 is 1.57. The van der Waals surface area contributed by atoms with Crippen LogP contribution >= 0.6 is 11.3 Å². The van der Waals surface area contributed by atoms with Crippen molar-refractivity contribution >= 4 is 23.4 Å². The van der Waals surface area contributed by atoms with Crippen molar-refractivity contribution in [3.05, 3.63) is 28.5 Å². The zero-order valence-electron chi connectivity index (χ0n) is 15.0. The van der Waals surface area contributed by atoms with Crippen LogP contribution in [-0.2, 0) is 4.74 Å². The van der Waals surface area contributed by atoms with Crippen LogP contribution in [0, 0.1) is 12.8 Å². The summed E-state index contributed by atoms with van der Waals surface area (Å²) in [5.74, 6) is 0.242. The molecule has 26 heavy (non-hydrogen) atoms. The van der Waals surface area contributed by atoms with Gasteiger partial charge in [-0.2, -0.15) is 0 Å². The van der Waals surface area contributed by atoms with E-state index in [1.807, 2.05) is 6.92 Å². The van der Waals surface area contributed by atoms with Crippen LogP contribution in [-0.4, -0.2) is 47.4 Å². The van der Waals surface area contributed by atoms with Gasteiger partial charge in [0.05, 0.1) is 29.3 Å². The molecule has 3 heterocycles. The zero-order chi connectivity index (χ0) is 18.8. The van der Waals surface area contributed by atoms with Gasteiger partial charge in [0.2, 0.25) is 0 Å². The maximum atomic E-state index is 12.3. The van der Waals surface area contributed by atoms with E-state index in [0.29, 0.717) is 24.6 Å². The smallest absolute Gasteiger partial charge is 0.407 e. The molecule has 1 amide bonds. The van der Waals surface area contributed by atoms with Crippen LogP contribution in [0.1, 0.15) is 46.5 Å². The minimum absolute atomic E-state index is 0.230. The SMILES string of the molecule is COC(=O)c1c(-c2cnoc2)sc(C(C)C2CCN(C(=O)O)CC2)c1C. The summed E-state index contributed by atoms with van der Waals surface area (Å²) in [5, 5.41) is 12.9. The third kappa shape index (κ3) is 3.33. The van der Waals surface area contributed by atoms with Gasteiger partial charge in [0.1, 0.15) is 6.26 Å². The number of likely N-dealkylation sites (tertiary alicyclic amines) is 1. The maximum absolute atomic E-state index is 12.3. The van der Waals surface area contributed by atoms with Gasteiger partial charge < -0.3 is 19.3 Å². The number of ether oxygens (including phenoxy) is 1. The average molecular weight is 378 g/mol. The van der Waals surface area contributed by atoms with E-state index in [4.69, 9.17) is 14.4 Å². The van der Waals surface area contributed by atoms with E-state index < -0.39 is 6.09 Å². The Morgan fingerprint density at radius 1 is 1.42 bits per heavy atom. The van der Waals surface area contributed by atoms with Crippen molar-refractivity contribution in [2.24, 2.45) is 5.92 Å². The van der Waals surface area contributed by atoms with E-state index in [1.54, 1.807) is 17.5 Å². The lowest BCUT2D eigenvalue weighted by Gasteiger charge is -2.33. The normalized spacial score (nSPS) is 16.5. The molecule has 1 atom stereocenters. The standard InChI is InChI=1S/C18H22N2O5S/c1-10(12-4-6-20(7-5-12)18(22)23)15-11(2)14(17(21)24-3)16(26-15)13-8-19-25-9-13/h8-10,12H,4-7H2,1-3H3,(H,22,23). The fourth-order valence-corrected chi connectivity index (χ4v) is 5.05. The minimum atomic E-state index is -0.855. The van der Waals surface area contributed by atoms with Crippen molar-refractivity contribution in [2.75, 3.05) is 20.2 Å². The summed E-state index contributed by atoms with van der Waals surface area (Å²) in [6.45, 7) is 5.20. The van der Waals surface area contributed by atoms with E-state index >= 15 is 0 Å². The Morgan fingerprint density at radius 2 is 2.12 bits per heavy atom. The van der Waals surface area contributed by atoms with Crippen LogP contribution in [0.2, 0.25) is 0 Å². The second kappa shape index (κ2) is 7.49. The lowest BCUT2D eigenvalue weighted by atomic mass is 9.83. The van der Waals surface area contributed by atoms with Crippen LogP contribution in [0.5, 0.6) is 0 Å². The number of hydrogen-bond donors (Lipinski definition) is 1. The fraction of sp³-hybridized carbons (Fsp3) is 0.500. The van der Waals surface area contributed by atoms with E-state index in [0.717, 1.165) is 33.7 Å². The van der Waals surface area contributed by atoms with Crippen LogP contribution in [0.15, 0.2) is 17.0 Å². The Labute approximate surface area is 155 Å². The molecule has 0 aromatic carbocycles. The van der Waals surface area contributed by atoms with Crippen molar-refractivity contribution < 1.29 is 24.0 Å². The van der Waals surface area contributed by atoms with E-state index in [2.05, 4.69) is 12.1 Å². The maximum Gasteiger partial charge on any atom is 0.407 e. The van der Waals surface area contributed by atoms with Crippen molar-refractivity contribution in [1.29, 1.82) is 0 Å². The molecule has 3 rings (SSSR count). The summed E-state index contributed by atoms with van der Waals surface area (Å²) in [6.07, 6.45) is 3.91. The van der Waals surface area contributed by atoms with E-state index in [9.17, 15) is 9.59 Å². The molecule has 7 nitrogen and oxygen atoms in total. The number of methoxy groups -OCH3 is 1. The fourth-order valence-electron chi connectivity index (χ4n) is 3.64. The molecule has 1 fully saturated rings. The molecule has 2 aromatic heterocycles. The molecule has 0 bridgehead atoms. The number of esters is 1. The van der Waals surface area contributed by atoms with E-state index in [-0.39, 0.29) is 11.9 Å². The first-order chi connectivity index (χ1) is 12.4. The van der Waals surface area contributed by atoms with Gasteiger partial charge >= 0.3 is 12.1 Å². The Bertz CT molecular complexity index is 791. The predicted octanol–water partition coefficient (Wildman–Crippen LogP) is 3.99. The Hall–Kier alpha value is -2.35. The first kappa shape index (κ1) is 18.4. The van der Waals surface area contributed by atoms with Crippen molar-refractivity contribution in [3.8, 4) is 10.4 Å². The van der Waals surface area contributed by atoms with Gasteiger partial charge in [-0.1, -0.05) is 12.1 Å². The Kier molecular flexibility index (Phi) is 5.31. The molecule has 2 aromatic rings. The van der Waals surface area contributed by atoms with Gasteiger partial charge in [0.15, 0.2) is 0 Å². The lowest BCUT2D eigenvalue weighted by molar-refractivity contribution is 0.0601. The monoisotopic (exact) mass is 378 g/mol. The average Bonchev–Trinajstić information content (AvgIpc) is 3.28. The molecule has 0 spiro atoms. The minimum Gasteiger partial charge on any atom is -0.465 e. The summed E-state index contributed by atoms with van der Waals surface area (Å²) in [4.78, 5) is 26.9. The first-order valence-corrected chi connectivity index (χ1v) is 9.34. The van der Waals surface area contributed by atoms with Crippen molar-refractivity contribution in [2.45, 2.75) is 32.6 Å². The number of hydrogen-bond acceptors (Lipinski definition) is 6. The molecule has 1 aliphatic rings. The number of nitrogens with zero attached hydrogens (tertiary/aromatic N) is 2. The summed E-state index contributed by atoms with van der Waals surface area (Å²) < 4.78 is 9.92. The number of carbonyl (C=O) groups excluding carboxylic acids is 1. The number of aromatic nitrogens is 1. The number of amides is 1. The molecule has 0 radical (unpaired) electrons. The Balaban J connectivity index is 1.90. The molecule has 1 aliphatic heterocycles. The highest BCUT2D eigenvalue weighted by Crippen LogP contribution is 2.44. The largest absolute Gasteiger partial charge is 0.465 e. The van der Waals surface area contributed by atoms with Crippen LogP contribution in [0.4, 0.5) is 4.79 Å². The second-order valence-corrected chi connectivity index (χ2v) is 7.65. The highest BCUT2D eigenvalue weighted by atomic mass is 32.1. The molecule has 0 aliphatic carbocycles. The molecule has 0 saturated carbocycles. The molecule has 8 heteroatoms. The first-order valence-electron chi connectivity index (χ1n) is 8.53. The Morgan fingerprint density at radius 3 is 2.65 bits per heavy atom. The van der Waals surface area contributed by atoms with Crippen LogP contribution < -0.4 is 0 Å². The number of thiophene rings is 1. The van der Waals surface area contributed by atoms with Crippen LogP contribution in [0.25, 0.3) is 10.4 Å². The van der Waals surface area contributed by atoms with Crippen molar-refractivity contribution in [3.63, 3.8) is 0 Å². The topological polar surface area (TPSA) is 92.9 Å². The lowest BCUT2D eigenvalue weighted by Crippen LogP contribution is -2.38. The van der Waals surface area contributed by atoms with Gasteiger partial charge in [0.25, 0.3) is 0 Å². The molecule has 1 N–H and O–H groups in total. The van der Waals surface area contributed by atoms with Crippen molar-refractivity contribution in [1.82, 2.24) is 10.1 Å². The zero-order valence-corrected chi connectivity index (χ0v) is 15.8. The number of carboxylic acid groups (broad SMARTS) is 1. The number of carbonyl (C=O) groups is 2. The van der Waals surface area contributed by atoms with Gasteiger partial charge in [0, 0.05) is 18.0 Å². The predicted molar refractivity (Wildman–Crippen MR) is 96.6 cm³/mol. The van der Waals surface area contributed by atoms with E-state index in [1.165, 1.54) is 18.3 Å². The summed E-state index contributed by atoms with van der Waals surface area (Å²) in [5.41, 5.74) is 2.24. The highest BCUT2D eigenvalue weighted by Gasteiger charge is 2.31. The number of piperidine rings is 1. The van der Waals surface area contributed by atoms with Gasteiger partial charge in [-0.25, -0.2) is 9.59 Å². The van der Waals surface area contributed by atoms with Gasteiger partial charge in [-0.05, 0) is 37.2 Å². The highest BCUT2D eigenvalue weighted by molar-refractivity contribution is 7.16. The number of rotatable bonds is 4. The molecule has 1 saturated heterocycles. The molecule has 1 unspecified atom stereocenters. The molecular weight excluding hydrogens is 356 g/mol. The third-order valence-electron chi connectivity index (χ3n) is 5.20. The summed E-state index contributed by atoms with van der Waals surface area (Å²) in [6, 6.07) is 0. The van der Waals surface area contributed by atoms with Gasteiger partial charge in [-0.3, -0.25) is 0 Å². The quantitative estimate of drug-likeness (QED) is 0.809. The van der Waals surface area contributed by atoms with Crippen LogP contribution in [0.3, 0.4) is 0 Å². The third-order valence-corrected chi connectivity index (χ3v) is 6.74. The second-order valence-electron chi connectivity index (χ2n) is 6.60. The molecule has 140 valence electrons. The summed E-state index contributed by atoms with van der Waals surface area (Å²) in [7, 11) is 1.38. The molecular formula is C18H22N2O5S. The van der Waals surface area contributed by atoms with Gasteiger partial charge in [-0.15, -0.1) is 11.3 Å².